The Bertz CT molecular complexity index is 670. The van der Waals surface area contributed by atoms with Gasteiger partial charge in [-0.1, -0.05) is 0 Å². The van der Waals surface area contributed by atoms with E-state index in [0.717, 1.165) is 9.35 Å². The summed E-state index contributed by atoms with van der Waals surface area (Å²) in [5.74, 6) is 0. The molecule has 5 nitrogen and oxygen atoms in total. The number of nitrogens with zero attached hydrogens (tertiary/aromatic N) is 1. The Balaban J connectivity index is 2.21. The molecule has 0 aliphatic rings. The molecule has 2 rings (SSSR count). The van der Waals surface area contributed by atoms with E-state index in [-0.39, 0.29) is 11.4 Å². The number of sulfonamides is 1. The molecule has 102 valence electrons. The normalized spacial score (nSPS) is 11.5. The zero-order chi connectivity index (χ0) is 13.9. The van der Waals surface area contributed by atoms with Gasteiger partial charge in [-0.2, -0.15) is 0 Å². The van der Waals surface area contributed by atoms with Gasteiger partial charge in [0.15, 0.2) is 0 Å². The van der Waals surface area contributed by atoms with Gasteiger partial charge in [0.1, 0.15) is 4.90 Å². The van der Waals surface area contributed by atoms with E-state index in [1.54, 1.807) is 19.3 Å². The maximum atomic E-state index is 12.2. The Morgan fingerprint density at radius 3 is 2.84 bits per heavy atom. The second-order valence-electron chi connectivity index (χ2n) is 3.64. The average molecular weight is 362 g/mol. The third-order valence-corrected chi connectivity index (χ3v) is 5.81. The Morgan fingerprint density at radius 2 is 2.21 bits per heavy atom. The van der Waals surface area contributed by atoms with E-state index in [4.69, 9.17) is 0 Å². The van der Waals surface area contributed by atoms with Crippen LogP contribution in [0.2, 0.25) is 0 Å². The first-order valence-corrected chi connectivity index (χ1v) is 8.53. The van der Waals surface area contributed by atoms with Crippen LogP contribution in [-0.2, 0) is 16.6 Å². The minimum atomic E-state index is -3.59. The molecule has 0 aliphatic carbocycles. The van der Waals surface area contributed by atoms with Crippen LogP contribution in [0, 0.1) is 0 Å². The molecule has 0 amide bonds. The summed E-state index contributed by atoms with van der Waals surface area (Å²) in [7, 11) is -1.91. The lowest BCUT2D eigenvalue weighted by molar-refractivity contribution is 0.581. The van der Waals surface area contributed by atoms with E-state index in [1.807, 2.05) is 11.4 Å². The first-order valence-electron chi connectivity index (χ1n) is 5.38. The zero-order valence-electron chi connectivity index (χ0n) is 10.1. The molecule has 0 aliphatic heterocycles. The Morgan fingerprint density at radius 1 is 1.42 bits per heavy atom. The third kappa shape index (κ3) is 3.33. The number of pyridine rings is 1. The summed E-state index contributed by atoms with van der Waals surface area (Å²) in [5.41, 5.74) is 0.521. The standard InChI is InChI=1S/C11H12BrN3O2S2/c1-13-9-2-4-14-7-11(9)19(16,17)15-6-10-8(12)3-5-18-10/h2-5,7,15H,6H2,1H3,(H,13,14). The molecule has 19 heavy (non-hydrogen) atoms. The van der Waals surface area contributed by atoms with Crippen molar-refractivity contribution in [2.24, 2.45) is 0 Å². The number of aromatic nitrogens is 1. The van der Waals surface area contributed by atoms with E-state index >= 15 is 0 Å². The van der Waals surface area contributed by atoms with Crippen LogP contribution < -0.4 is 10.0 Å². The third-order valence-electron chi connectivity index (χ3n) is 2.46. The summed E-state index contributed by atoms with van der Waals surface area (Å²) in [6, 6.07) is 3.51. The fourth-order valence-electron chi connectivity index (χ4n) is 1.49. The lowest BCUT2D eigenvalue weighted by Crippen LogP contribution is -2.24. The molecule has 0 aromatic carbocycles. The molecule has 2 aromatic heterocycles. The minimum absolute atomic E-state index is 0.144. The van der Waals surface area contributed by atoms with Gasteiger partial charge in [0.05, 0.1) is 5.69 Å². The molecular formula is C11H12BrN3O2S2. The van der Waals surface area contributed by atoms with Gasteiger partial charge in [-0.05, 0) is 33.4 Å². The largest absolute Gasteiger partial charge is 0.387 e. The highest BCUT2D eigenvalue weighted by molar-refractivity contribution is 9.10. The number of nitrogens with one attached hydrogen (secondary N) is 2. The van der Waals surface area contributed by atoms with E-state index in [2.05, 4.69) is 31.0 Å². The van der Waals surface area contributed by atoms with Crippen LogP contribution >= 0.6 is 27.3 Å². The van der Waals surface area contributed by atoms with Crippen molar-refractivity contribution in [3.8, 4) is 0 Å². The molecule has 0 atom stereocenters. The van der Waals surface area contributed by atoms with Crippen LogP contribution in [0.5, 0.6) is 0 Å². The van der Waals surface area contributed by atoms with Crippen molar-refractivity contribution in [1.29, 1.82) is 0 Å². The number of hydrogen-bond donors (Lipinski definition) is 2. The van der Waals surface area contributed by atoms with Gasteiger partial charge in [-0.15, -0.1) is 11.3 Å². The van der Waals surface area contributed by atoms with Crippen molar-refractivity contribution in [2.75, 3.05) is 12.4 Å². The van der Waals surface area contributed by atoms with Crippen molar-refractivity contribution >= 4 is 43.0 Å². The van der Waals surface area contributed by atoms with Gasteiger partial charge in [-0.25, -0.2) is 13.1 Å². The molecule has 2 heterocycles. The highest BCUT2D eigenvalue weighted by atomic mass is 79.9. The number of thiophene rings is 1. The van der Waals surface area contributed by atoms with Crippen molar-refractivity contribution in [3.63, 3.8) is 0 Å². The Kier molecular flexibility index (Phi) is 4.56. The number of halogens is 1. The Hall–Kier alpha value is -0.960. The van der Waals surface area contributed by atoms with Crippen LogP contribution in [0.15, 0.2) is 39.3 Å². The second kappa shape index (κ2) is 6.00. The average Bonchev–Trinajstić information content (AvgIpc) is 2.82. The quantitative estimate of drug-likeness (QED) is 0.857. The first kappa shape index (κ1) is 14.4. The predicted octanol–water partition coefficient (Wildman–Crippen LogP) is 2.43. The summed E-state index contributed by atoms with van der Waals surface area (Å²) in [6.07, 6.45) is 2.87. The van der Waals surface area contributed by atoms with Crippen molar-refractivity contribution in [2.45, 2.75) is 11.4 Å². The van der Waals surface area contributed by atoms with Gasteiger partial charge in [0, 0.05) is 35.3 Å². The fourth-order valence-corrected chi connectivity index (χ4v) is 4.16. The lowest BCUT2D eigenvalue weighted by Gasteiger charge is -2.10. The molecule has 0 saturated heterocycles. The highest BCUT2D eigenvalue weighted by Gasteiger charge is 2.18. The van der Waals surface area contributed by atoms with Crippen LogP contribution in [0.4, 0.5) is 5.69 Å². The molecule has 0 bridgehead atoms. The smallest absolute Gasteiger partial charge is 0.244 e. The van der Waals surface area contributed by atoms with Crippen LogP contribution in [-0.4, -0.2) is 20.4 Å². The summed E-state index contributed by atoms with van der Waals surface area (Å²) >= 11 is 4.86. The summed E-state index contributed by atoms with van der Waals surface area (Å²) in [4.78, 5) is 4.93. The fraction of sp³-hybridized carbons (Fsp3) is 0.182. The van der Waals surface area contributed by atoms with Crippen LogP contribution in [0.25, 0.3) is 0 Å². The molecule has 2 N–H and O–H groups in total. The SMILES string of the molecule is CNc1ccncc1S(=O)(=O)NCc1sccc1Br. The number of anilines is 1. The van der Waals surface area contributed by atoms with E-state index in [9.17, 15) is 8.42 Å². The van der Waals surface area contributed by atoms with E-state index in [1.165, 1.54) is 17.5 Å². The van der Waals surface area contributed by atoms with Crippen molar-refractivity contribution in [3.05, 3.63) is 39.3 Å². The van der Waals surface area contributed by atoms with Gasteiger partial charge in [0.25, 0.3) is 0 Å². The monoisotopic (exact) mass is 361 g/mol. The summed E-state index contributed by atoms with van der Waals surface area (Å²) in [6.45, 7) is 0.249. The maximum absolute atomic E-state index is 12.2. The minimum Gasteiger partial charge on any atom is -0.387 e. The Labute approximate surface area is 124 Å². The first-order chi connectivity index (χ1) is 9.04. The number of hydrogen-bond acceptors (Lipinski definition) is 5. The van der Waals surface area contributed by atoms with Crippen molar-refractivity contribution in [1.82, 2.24) is 9.71 Å². The maximum Gasteiger partial charge on any atom is 0.244 e. The van der Waals surface area contributed by atoms with E-state index in [0.29, 0.717) is 5.69 Å². The molecule has 0 radical (unpaired) electrons. The van der Waals surface area contributed by atoms with Gasteiger partial charge >= 0.3 is 0 Å². The zero-order valence-corrected chi connectivity index (χ0v) is 13.3. The second-order valence-corrected chi connectivity index (χ2v) is 7.23. The lowest BCUT2D eigenvalue weighted by atomic mass is 10.4. The van der Waals surface area contributed by atoms with Gasteiger partial charge in [0.2, 0.25) is 10.0 Å². The van der Waals surface area contributed by atoms with Crippen LogP contribution in [0.3, 0.4) is 0 Å². The molecule has 0 spiro atoms. The van der Waals surface area contributed by atoms with Gasteiger partial charge in [-0.3, -0.25) is 4.98 Å². The topological polar surface area (TPSA) is 71.1 Å². The van der Waals surface area contributed by atoms with E-state index < -0.39 is 10.0 Å². The summed E-state index contributed by atoms with van der Waals surface area (Å²) in [5, 5.41) is 4.74. The van der Waals surface area contributed by atoms with Crippen molar-refractivity contribution < 1.29 is 8.42 Å². The number of rotatable bonds is 5. The molecule has 0 saturated carbocycles. The molecular weight excluding hydrogens is 350 g/mol. The van der Waals surface area contributed by atoms with Gasteiger partial charge < -0.3 is 5.32 Å². The molecule has 0 unspecified atom stereocenters. The molecule has 2 aromatic rings. The predicted molar refractivity (Wildman–Crippen MR) is 79.8 cm³/mol. The van der Waals surface area contributed by atoms with Crippen LogP contribution in [0.1, 0.15) is 4.88 Å². The highest BCUT2D eigenvalue weighted by Crippen LogP contribution is 2.24. The summed E-state index contributed by atoms with van der Waals surface area (Å²) < 4.78 is 27.9. The molecule has 8 heteroatoms. The molecule has 0 fully saturated rings.